The van der Waals surface area contributed by atoms with Crippen molar-refractivity contribution in [2.75, 3.05) is 25.1 Å². The van der Waals surface area contributed by atoms with Crippen LogP contribution < -0.4 is 9.64 Å². The molecule has 0 atom stereocenters. The Morgan fingerprint density at radius 2 is 1.95 bits per heavy atom. The van der Waals surface area contributed by atoms with E-state index in [0.717, 1.165) is 24.3 Å². The van der Waals surface area contributed by atoms with Crippen LogP contribution in [0.25, 0.3) is 11.3 Å². The van der Waals surface area contributed by atoms with Gasteiger partial charge < -0.3 is 9.64 Å². The summed E-state index contributed by atoms with van der Waals surface area (Å²) in [5, 5.41) is 2.79. The minimum Gasteiger partial charge on any atom is -0.493 e. The number of hydrogen-bond donors (Lipinski definition) is 0. The fraction of sp³-hybridized carbons (Fsp3) is 0.400. The van der Waals surface area contributed by atoms with Crippen molar-refractivity contribution in [3.05, 3.63) is 29.1 Å². The highest BCUT2D eigenvalue weighted by Gasteiger charge is 2.19. The maximum absolute atomic E-state index is 13.8. The van der Waals surface area contributed by atoms with E-state index in [1.165, 1.54) is 43.8 Å². The van der Waals surface area contributed by atoms with Gasteiger partial charge in [-0.1, -0.05) is 0 Å². The Hall–Kier alpha value is -1.69. The minimum atomic E-state index is -0.970. The van der Waals surface area contributed by atoms with Gasteiger partial charge in [0.2, 0.25) is 5.82 Å². The minimum absolute atomic E-state index is 0.0921. The van der Waals surface area contributed by atoms with Crippen LogP contribution in [-0.4, -0.2) is 25.2 Å². The third-order valence-corrected chi connectivity index (χ3v) is 4.55. The molecule has 0 N–H and O–H groups in total. The molecule has 1 aliphatic rings. The Morgan fingerprint density at radius 1 is 1.19 bits per heavy atom. The Balaban J connectivity index is 1.94. The summed E-state index contributed by atoms with van der Waals surface area (Å²) in [6.45, 7) is 2.00. The van der Waals surface area contributed by atoms with Crippen molar-refractivity contribution in [2.24, 2.45) is 0 Å². The van der Waals surface area contributed by atoms with E-state index >= 15 is 0 Å². The van der Waals surface area contributed by atoms with Gasteiger partial charge in [0.05, 0.1) is 12.8 Å². The monoisotopic (exact) mass is 310 g/mol. The fourth-order valence-corrected chi connectivity index (χ4v) is 3.43. The van der Waals surface area contributed by atoms with Crippen molar-refractivity contribution < 1.29 is 13.5 Å². The van der Waals surface area contributed by atoms with Crippen LogP contribution in [0.3, 0.4) is 0 Å². The number of rotatable bonds is 3. The van der Waals surface area contributed by atoms with Crippen molar-refractivity contribution in [1.82, 2.24) is 4.98 Å². The fourth-order valence-electron chi connectivity index (χ4n) is 2.55. The first-order valence-electron chi connectivity index (χ1n) is 6.93. The molecule has 1 saturated heterocycles. The number of methoxy groups -OCH3 is 1. The van der Waals surface area contributed by atoms with Crippen LogP contribution >= 0.6 is 11.3 Å². The number of thiazole rings is 1. The van der Waals surface area contributed by atoms with Gasteiger partial charge >= 0.3 is 0 Å². The van der Waals surface area contributed by atoms with E-state index in [1.54, 1.807) is 0 Å². The zero-order chi connectivity index (χ0) is 14.8. The van der Waals surface area contributed by atoms with Gasteiger partial charge in [0.1, 0.15) is 0 Å². The Kier molecular flexibility index (Phi) is 4.05. The average Bonchev–Trinajstić information content (AvgIpc) is 3.00. The van der Waals surface area contributed by atoms with Crippen molar-refractivity contribution in [1.29, 1.82) is 0 Å². The summed E-state index contributed by atoms with van der Waals surface area (Å²) >= 11 is 1.52. The van der Waals surface area contributed by atoms with Crippen molar-refractivity contribution >= 4 is 16.5 Å². The smallest absolute Gasteiger partial charge is 0.201 e. The highest BCUT2D eigenvalue weighted by Crippen LogP contribution is 2.36. The zero-order valence-electron chi connectivity index (χ0n) is 11.7. The van der Waals surface area contributed by atoms with Crippen LogP contribution in [0.15, 0.2) is 17.5 Å². The predicted molar refractivity (Wildman–Crippen MR) is 80.1 cm³/mol. The predicted octanol–water partition coefficient (Wildman–Crippen LogP) is 4.09. The molecule has 3 rings (SSSR count). The highest BCUT2D eigenvalue weighted by atomic mass is 32.1. The highest BCUT2D eigenvalue weighted by molar-refractivity contribution is 7.14. The summed E-state index contributed by atoms with van der Waals surface area (Å²) in [5.41, 5.74) is 1.10. The number of anilines is 1. The van der Waals surface area contributed by atoms with Gasteiger partial charge in [-0.15, -0.1) is 11.3 Å². The summed E-state index contributed by atoms with van der Waals surface area (Å²) in [4.78, 5) is 6.80. The lowest BCUT2D eigenvalue weighted by Gasteiger charge is -2.25. The first-order valence-corrected chi connectivity index (χ1v) is 7.81. The van der Waals surface area contributed by atoms with Gasteiger partial charge in [-0.25, -0.2) is 9.37 Å². The SMILES string of the molecule is COc1c(-c2csc(N3CCCCC3)n2)ccc(F)c1F. The van der Waals surface area contributed by atoms with E-state index in [4.69, 9.17) is 4.74 Å². The first kappa shape index (κ1) is 14.3. The van der Waals surface area contributed by atoms with Gasteiger partial charge in [-0.3, -0.25) is 0 Å². The number of hydrogen-bond acceptors (Lipinski definition) is 4. The third-order valence-electron chi connectivity index (χ3n) is 3.65. The molecule has 2 heterocycles. The van der Waals surface area contributed by atoms with E-state index in [1.807, 2.05) is 5.38 Å². The van der Waals surface area contributed by atoms with Crippen molar-refractivity contribution in [3.63, 3.8) is 0 Å². The van der Waals surface area contributed by atoms with Crippen LogP contribution in [-0.2, 0) is 0 Å². The molecule has 1 aliphatic heterocycles. The quantitative estimate of drug-likeness (QED) is 0.854. The number of piperidine rings is 1. The molecule has 112 valence electrons. The molecule has 1 aromatic carbocycles. The molecule has 0 spiro atoms. The second-order valence-electron chi connectivity index (χ2n) is 5.01. The largest absolute Gasteiger partial charge is 0.493 e. The number of aromatic nitrogens is 1. The van der Waals surface area contributed by atoms with E-state index in [9.17, 15) is 8.78 Å². The van der Waals surface area contributed by atoms with Crippen molar-refractivity contribution in [3.8, 4) is 17.0 Å². The molecule has 2 aromatic rings. The Labute approximate surface area is 126 Å². The summed E-state index contributed by atoms with van der Waals surface area (Å²) in [7, 11) is 1.33. The molecule has 0 amide bonds. The lowest BCUT2D eigenvalue weighted by molar-refractivity contribution is 0.373. The molecular weight excluding hydrogens is 294 g/mol. The maximum Gasteiger partial charge on any atom is 0.201 e. The van der Waals surface area contributed by atoms with Gasteiger partial charge in [-0.2, -0.15) is 4.39 Å². The lowest BCUT2D eigenvalue weighted by Crippen LogP contribution is -2.29. The van der Waals surface area contributed by atoms with Gasteiger partial charge in [-0.05, 0) is 31.4 Å². The maximum atomic E-state index is 13.8. The van der Waals surface area contributed by atoms with Crippen LogP contribution in [0.2, 0.25) is 0 Å². The summed E-state index contributed by atoms with van der Waals surface area (Å²) in [5.74, 6) is -1.98. The van der Waals surface area contributed by atoms with Gasteiger partial charge in [0, 0.05) is 24.0 Å². The second kappa shape index (κ2) is 5.97. The topological polar surface area (TPSA) is 25.4 Å². The first-order chi connectivity index (χ1) is 10.2. The zero-order valence-corrected chi connectivity index (χ0v) is 12.6. The molecule has 1 aromatic heterocycles. The number of nitrogens with zero attached hydrogens (tertiary/aromatic N) is 2. The molecule has 0 saturated carbocycles. The molecule has 1 fully saturated rings. The molecule has 0 radical (unpaired) electrons. The molecule has 0 unspecified atom stereocenters. The third kappa shape index (κ3) is 2.72. The molecular formula is C15H16F2N2OS. The second-order valence-corrected chi connectivity index (χ2v) is 5.84. The standard InChI is InChI=1S/C15H16F2N2OS/c1-20-14-10(5-6-11(16)13(14)17)12-9-21-15(18-12)19-7-3-2-4-8-19/h5-6,9H,2-4,7-8H2,1H3. The molecule has 0 aliphatic carbocycles. The average molecular weight is 310 g/mol. The van der Waals surface area contributed by atoms with Crippen molar-refractivity contribution in [2.45, 2.75) is 19.3 Å². The van der Waals surface area contributed by atoms with Crippen LogP contribution in [0.4, 0.5) is 13.9 Å². The summed E-state index contributed by atoms with van der Waals surface area (Å²) in [6, 6.07) is 2.61. The molecule has 6 heteroatoms. The number of benzene rings is 1. The molecule has 21 heavy (non-hydrogen) atoms. The van der Waals surface area contributed by atoms with Gasteiger partial charge in [0.15, 0.2) is 16.7 Å². The lowest BCUT2D eigenvalue weighted by atomic mass is 10.1. The van der Waals surface area contributed by atoms with Gasteiger partial charge in [0.25, 0.3) is 0 Å². The van der Waals surface area contributed by atoms with E-state index in [-0.39, 0.29) is 5.75 Å². The number of ether oxygens (including phenoxy) is 1. The molecule has 0 bridgehead atoms. The van der Waals surface area contributed by atoms with Crippen LogP contribution in [0, 0.1) is 11.6 Å². The van der Waals surface area contributed by atoms with E-state index < -0.39 is 11.6 Å². The summed E-state index contributed by atoms with van der Waals surface area (Å²) in [6.07, 6.45) is 3.60. The van der Waals surface area contributed by atoms with Crippen LogP contribution in [0.1, 0.15) is 19.3 Å². The Bertz CT molecular complexity index is 639. The van der Waals surface area contributed by atoms with E-state index in [0.29, 0.717) is 11.3 Å². The van der Waals surface area contributed by atoms with E-state index in [2.05, 4.69) is 9.88 Å². The number of halogens is 2. The normalized spacial score (nSPS) is 15.3. The summed E-state index contributed by atoms with van der Waals surface area (Å²) < 4.78 is 32.1. The Morgan fingerprint density at radius 3 is 2.67 bits per heavy atom. The molecule has 3 nitrogen and oxygen atoms in total. The van der Waals surface area contributed by atoms with Crippen LogP contribution in [0.5, 0.6) is 5.75 Å².